The molecule has 0 amide bonds. The maximum absolute atomic E-state index is 9.74. The lowest BCUT2D eigenvalue weighted by Crippen LogP contribution is -2.28. The fourth-order valence-electron chi connectivity index (χ4n) is 2.50. The number of hydrogen-bond donors (Lipinski definition) is 2. The van der Waals surface area contributed by atoms with Crippen molar-refractivity contribution in [1.82, 2.24) is 5.32 Å². The number of phenols is 1. The molecule has 1 aromatic carbocycles. The van der Waals surface area contributed by atoms with E-state index in [4.69, 9.17) is 9.47 Å². The summed E-state index contributed by atoms with van der Waals surface area (Å²) in [6.07, 6.45) is 3.35. The fraction of sp³-hybridized carbons (Fsp3) is 0.571. The van der Waals surface area contributed by atoms with Gasteiger partial charge in [0.05, 0.1) is 14.2 Å². The minimum absolute atomic E-state index is 0.128. The van der Waals surface area contributed by atoms with E-state index in [1.807, 2.05) is 6.07 Å². The Kier molecular flexibility index (Phi) is 4.31. The van der Waals surface area contributed by atoms with Crippen molar-refractivity contribution < 1.29 is 14.6 Å². The van der Waals surface area contributed by atoms with Gasteiger partial charge >= 0.3 is 0 Å². The van der Waals surface area contributed by atoms with Gasteiger partial charge in [0.25, 0.3) is 0 Å². The van der Waals surface area contributed by atoms with Crippen molar-refractivity contribution in [2.24, 2.45) is 5.92 Å². The van der Waals surface area contributed by atoms with E-state index in [0.29, 0.717) is 11.7 Å². The number of hydrogen-bond acceptors (Lipinski definition) is 4. The first-order valence-electron chi connectivity index (χ1n) is 6.39. The number of piperidine rings is 1. The van der Waals surface area contributed by atoms with E-state index < -0.39 is 0 Å². The summed E-state index contributed by atoms with van der Waals surface area (Å²) in [5.74, 6) is 2.06. The van der Waals surface area contributed by atoms with E-state index in [0.717, 1.165) is 30.8 Å². The lowest BCUT2D eigenvalue weighted by Gasteiger charge is -2.23. The van der Waals surface area contributed by atoms with Crippen molar-refractivity contribution in [2.75, 3.05) is 27.3 Å². The Bertz CT molecular complexity index is 400. The highest BCUT2D eigenvalue weighted by molar-refractivity contribution is 5.50. The third-order valence-corrected chi connectivity index (χ3v) is 3.55. The predicted molar refractivity (Wildman–Crippen MR) is 70.5 cm³/mol. The van der Waals surface area contributed by atoms with Crippen LogP contribution < -0.4 is 14.8 Å². The van der Waals surface area contributed by atoms with Crippen LogP contribution in [0, 0.1) is 5.92 Å². The van der Waals surface area contributed by atoms with Gasteiger partial charge in [0.1, 0.15) is 5.75 Å². The third-order valence-electron chi connectivity index (χ3n) is 3.55. The number of aromatic hydroxyl groups is 1. The first-order valence-corrected chi connectivity index (χ1v) is 6.39. The summed E-state index contributed by atoms with van der Waals surface area (Å²) in [5.41, 5.74) is 1.11. The lowest BCUT2D eigenvalue weighted by molar-refractivity contribution is 0.349. The zero-order chi connectivity index (χ0) is 13.0. The second kappa shape index (κ2) is 5.96. The molecule has 4 nitrogen and oxygen atoms in total. The van der Waals surface area contributed by atoms with Crippen LogP contribution >= 0.6 is 0 Å². The molecule has 2 rings (SSSR count). The maximum atomic E-state index is 9.74. The second-order valence-electron chi connectivity index (χ2n) is 4.73. The third kappa shape index (κ3) is 2.88. The van der Waals surface area contributed by atoms with Crippen LogP contribution in [0.15, 0.2) is 12.1 Å². The van der Waals surface area contributed by atoms with Crippen LogP contribution in [0.25, 0.3) is 0 Å². The molecule has 0 bridgehead atoms. The molecule has 0 radical (unpaired) electrons. The molecule has 0 atom stereocenters. The predicted octanol–water partition coefficient (Wildman–Crippen LogP) is 1.95. The highest BCUT2D eigenvalue weighted by atomic mass is 16.5. The first kappa shape index (κ1) is 13.0. The quantitative estimate of drug-likeness (QED) is 0.859. The van der Waals surface area contributed by atoms with E-state index in [1.54, 1.807) is 20.3 Å². The van der Waals surface area contributed by atoms with Crippen LogP contribution in [0.4, 0.5) is 0 Å². The van der Waals surface area contributed by atoms with Gasteiger partial charge in [-0.1, -0.05) is 0 Å². The largest absolute Gasteiger partial charge is 0.504 e. The Morgan fingerprint density at radius 2 is 1.83 bits per heavy atom. The van der Waals surface area contributed by atoms with Gasteiger partial charge < -0.3 is 19.9 Å². The zero-order valence-electron chi connectivity index (χ0n) is 11.0. The van der Waals surface area contributed by atoms with Crippen molar-refractivity contribution in [3.8, 4) is 17.2 Å². The Balaban J connectivity index is 2.18. The van der Waals surface area contributed by atoms with Crippen LogP contribution in [-0.2, 0) is 6.42 Å². The molecule has 0 saturated carbocycles. The number of ether oxygens (including phenoxy) is 2. The topological polar surface area (TPSA) is 50.7 Å². The summed E-state index contributed by atoms with van der Waals surface area (Å²) in [6, 6.07) is 3.52. The standard InChI is InChI=1S/C14H21NO3/c1-17-13-9-12(16)14(18-2)8-11(13)7-10-3-5-15-6-4-10/h8-10,15-16H,3-7H2,1-2H3. The monoisotopic (exact) mass is 251 g/mol. The summed E-state index contributed by atoms with van der Waals surface area (Å²) in [4.78, 5) is 0. The van der Waals surface area contributed by atoms with Gasteiger partial charge in [-0.3, -0.25) is 0 Å². The summed E-state index contributed by atoms with van der Waals surface area (Å²) < 4.78 is 10.5. The van der Waals surface area contributed by atoms with Crippen molar-refractivity contribution in [1.29, 1.82) is 0 Å². The van der Waals surface area contributed by atoms with Gasteiger partial charge in [-0.2, -0.15) is 0 Å². The molecule has 0 unspecified atom stereocenters. The van der Waals surface area contributed by atoms with Gasteiger partial charge in [-0.15, -0.1) is 0 Å². The molecular weight excluding hydrogens is 230 g/mol. The summed E-state index contributed by atoms with van der Waals surface area (Å²) in [7, 11) is 3.20. The van der Waals surface area contributed by atoms with Gasteiger partial charge in [0, 0.05) is 6.07 Å². The van der Waals surface area contributed by atoms with Gasteiger partial charge in [0.2, 0.25) is 0 Å². The van der Waals surface area contributed by atoms with Gasteiger partial charge in [-0.05, 0) is 49.9 Å². The molecule has 1 fully saturated rings. The Hall–Kier alpha value is -1.42. The van der Waals surface area contributed by atoms with Crippen molar-refractivity contribution >= 4 is 0 Å². The molecule has 4 heteroatoms. The zero-order valence-corrected chi connectivity index (χ0v) is 11.0. The smallest absolute Gasteiger partial charge is 0.161 e. The summed E-state index contributed by atoms with van der Waals surface area (Å²) in [5, 5.41) is 13.1. The van der Waals surface area contributed by atoms with Crippen molar-refractivity contribution in [3.05, 3.63) is 17.7 Å². The van der Waals surface area contributed by atoms with Crippen LogP contribution in [0.5, 0.6) is 17.2 Å². The number of benzene rings is 1. The van der Waals surface area contributed by atoms with Gasteiger partial charge in [0.15, 0.2) is 11.5 Å². The van der Waals surface area contributed by atoms with Gasteiger partial charge in [-0.25, -0.2) is 0 Å². The molecule has 18 heavy (non-hydrogen) atoms. The van der Waals surface area contributed by atoms with Crippen molar-refractivity contribution in [3.63, 3.8) is 0 Å². The highest BCUT2D eigenvalue weighted by Crippen LogP contribution is 2.35. The van der Waals surface area contributed by atoms with Crippen LogP contribution in [0.1, 0.15) is 18.4 Å². The van der Waals surface area contributed by atoms with E-state index in [2.05, 4.69) is 5.32 Å². The van der Waals surface area contributed by atoms with Crippen molar-refractivity contribution in [2.45, 2.75) is 19.3 Å². The normalized spacial score (nSPS) is 16.6. The number of phenolic OH excluding ortho intramolecular Hbond substituents is 1. The number of methoxy groups -OCH3 is 2. The number of nitrogens with one attached hydrogen (secondary N) is 1. The van der Waals surface area contributed by atoms with Crippen LogP contribution in [0.2, 0.25) is 0 Å². The maximum Gasteiger partial charge on any atom is 0.161 e. The molecule has 1 heterocycles. The Morgan fingerprint density at radius 3 is 2.44 bits per heavy atom. The first-order chi connectivity index (χ1) is 8.74. The minimum atomic E-state index is 0.128. The number of rotatable bonds is 4. The molecule has 0 spiro atoms. The minimum Gasteiger partial charge on any atom is -0.504 e. The molecule has 0 aromatic heterocycles. The summed E-state index contributed by atoms with van der Waals surface area (Å²) in [6.45, 7) is 2.17. The Labute approximate surface area is 108 Å². The molecule has 1 aromatic rings. The highest BCUT2D eigenvalue weighted by Gasteiger charge is 2.17. The fourth-order valence-corrected chi connectivity index (χ4v) is 2.50. The summed E-state index contributed by atoms with van der Waals surface area (Å²) >= 11 is 0. The lowest BCUT2D eigenvalue weighted by atomic mass is 9.90. The van der Waals surface area contributed by atoms with E-state index >= 15 is 0 Å². The van der Waals surface area contributed by atoms with Crippen LogP contribution in [-0.4, -0.2) is 32.4 Å². The Morgan fingerprint density at radius 1 is 1.17 bits per heavy atom. The van der Waals surface area contributed by atoms with E-state index in [1.165, 1.54) is 12.8 Å². The average molecular weight is 251 g/mol. The average Bonchev–Trinajstić information content (AvgIpc) is 2.41. The van der Waals surface area contributed by atoms with E-state index in [-0.39, 0.29) is 5.75 Å². The SMILES string of the molecule is COc1cc(CC2CCNCC2)c(OC)cc1O. The van der Waals surface area contributed by atoms with E-state index in [9.17, 15) is 5.11 Å². The second-order valence-corrected chi connectivity index (χ2v) is 4.73. The molecular formula is C14H21NO3. The molecule has 2 N–H and O–H groups in total. The van der Waals surface area contributed by atoms with Crippen LogP contribution in [0.3, 0.4) is 0 Å². The molecule has 1 saturated heterocycles. The molecule has 1 aliphatic heterocycles. The molecule has 1 aliphatic rings. The molecule has 100 valence electrons. The molecule has 0 aliphatic carbocycles.